The predicted molar refractivity (Wildman–Crippen MR) is 35.1 cm³/mol. The van der Waals surface area contributed by atoms with Gasteiger partial charge in [0.05, 0.1) is 0 Å². The van der Waals surface area contributed by atoms with E-state index in [4.69, 9.17) is 10.8 Å². The molecule has 0 spiro atoms. The van der Waals surface area contributed by atoms with Crippen LogP contribution in [0.15, 0.2) is 0 Å². The fourth-order valence-electron chi connectivity index (χ4n) is 0.497. The summed E-state index contributed by atoms with van der Waals surface area (Å²) in [5, 5.41) is 8.36. The molecule has 0 aliphatic rings. The van der Waals surface area contributed by atoms with Crippen LogP contribution in [0.3, 0.4) is 0 Å². The Morgan fingerprint density at radius 2 is 2.22 bits per heavy atom. The van der Waals surface area contributed by atoms with Crippen molar-refractivity contribution in [1.29, 1.82) is 0 Å². The van der Waals surface area contributed by atoms with Crippen molar-refractivity contribution < 1.29 is 9.90 Å². The smallest absolute Gasteiger partial charge is 0.320 e. The van der Waals surface area contributed by atoms with Gasteiger partial charge in [0.15, 0.2) is 0 Å². The number of aliphatic carboxylic acids is 1. The average Bonchev–Trinajstić information content (AvgIpc) is 1.84. The van der Waals surface area contributed by atoms with Gasteiger partial charge in [0.25, 0.3) is 0 Å². The topological polar surface area (TPSA) is 63.3 Å². The molecule has 0 aromatic heterocycles. The molecule has 0 aliphatic heterocycles. The summed E-state index contributed by atoms with van der Waals surface area (Å²) in [6.07, 6.45) is 0.813. The van der Waals surface area contributed by atoms with Crippen LogP contribution in [0.1, 0.15) is 20.3 Å². The molecule has 0 rings (SSSR count). The molecule has 2 atom stereocenters. The fraction of sp³-hybridized carbons (Fsp3) is 0.833. The molecule has 0 saturated carbocycles. The summed E-state index contributed by atoms with van der Waals surface area (Å²) in [6.45, 7) is 3.76. The van der Waals surface area contributed by atoms with Crippen LogP contribution in [-0.2, 0) is 4.79 Å². The van der Waals surface area contributed by atoms with Crippen LogP contribution in [0.25, 0.3) is 0 Å². The van der Waals surface area contributed by atoms with Crippen LogP contribution >= 0.6 is 0 Å². The zero-order valence-electron chi connectivity index (χ0n) is 5.79. The van der Waals surface area contributed by atoms with Crippen molar-refractivity contribution in [2.75, 3.05) is 0 Å². The van der Waals surface area contributed by atoms with Gasteiger partial charge in [-0.2, -0.15) is 0 Å². The third-order valence-electron chi connectivity index (χ3n) is 1.54. The highest BCUT2D eigenvalue weighted by Gasteiger charge is 2.17. The maximum atomic E-state index is 10.2. The molecule has 54 valence electrons. The largest absolute Gasteiger partial charge is 0.480 e. The Balaban J connectivity index is 3.72. The lowest BCUT2D eigenvalue weighted by Gasteiger charge is -2.11. The van der Waals surface area contributed by atoms with E-state index in [0.29, 0.717) is 0 Å². The van der Waals surface area contributed by atoms with Crippen molar-refractivity contribution in [2.24, 2.45) is 11.7 Å². The lowest BCUT2D eigenvalue weighted by molar-refractivity contribution is -0.139. The number of hydrogen-bond acceptors (Lipinski definition) is 2. The number of hydrogen-bond donors (Lipinski definition) is 2. The molecule has 3 N–H and O–H groups in total. The van der Waals surface area contributed by atoms with Gasteiger partial charge in [0, 0.05) is 0 Å². The molecule has 0 aliphatic carbocycles. The molecule has 0 amide bonds. The summed E-state index contributed by atoms with van der Waals surface area (Å²) in [6, 6.07) is -0.699. The summed E-state index contributed by atoms with van der Waals surface area (Å²) in [5.74, 6) is -0.841. The molecule has 0 bridgehead atoms. The first-order valence-electron chi connectivity index (χ1n) is 3.08. The van der Waals surface area contributed by atoms with E-state index in [9.17, 15) is 4.79 Å². The second-order valence-electron chi connectivity index (χ2n) is 2.25. The standard InChI is InChI=1S/C6H13NO2/c1-3-4(2)5(7)6(8)9/h4-5H,3,7H2,1-2H3,(H,8,9)/t4-,5-/m0/s1/i1+1,2+1,3+1,4+1,5+1,6+1. The van der Waals surface area contributed by atoms with Crippen molar-refractivity contribution in [3.05, 3.63) is 0 Å². The molecule has 9 heavy (non-hydrogen) atoms. The Bertz CT molecular complexity index is 103. The van der Waals surface area contributed by atoms with Crippen LogP contribution in [0.4, 0.5) is 0 Å². The molecule has 3 nitrogen and oxygen atoms in total. The van der Waals surface area contributed by atoms with Crippen molar-refractivity contribution >= 4 is 5.97 Å². The Labute approximate surface area is 54.9 Å². The lowest BCUT2D eigenvalue weighted by atomic mass is 11.0. The van der Waals surface area contributed by atoms with Crippen LogP contribution in [-0.4, -0.2) is 17.1 Å². The number of rotatable bonds is 3. The lowest BCUT2D eigenvalue weighted by Crippen LogP contribution is -2.36. The number of nitrogens with two attached hydrogens (primary N) is 1. The van der Waals surface area contributed by atoms with Crippen molar-refractivity contribution in [2.45, 2.75) is 26.3 Å². The third kappa shape index (κ3) is 2.46. The highest BCUT2D eigenvalue weighted by atomic mass is 16.5. The van der Waals surface area contributed by atoms with Gasteiger partial charge in [-0.1, -0.05) is 20.3 Å². The zero-order valence-corrected chi connectivity index (χ0v) is 5.79. The minimum absolute atomic E-state index is 0.0718. The minimum Gasteiger partial charge on any atom is -0.480 e. The first-order chi connectivity index (χ1) is 4.09. The summed E-state index contributed by atoms with van der Waals surface area (Å²) in [5.41, 5.74) is 5.27. The highest BCUT2D eigenvalue weighted by molar-refractivity contribution is 5.73. The van der Waals surface area contributed by atoms with E-state index in [2.05, 4.69) is 0 Å². The molecule has 0 unspecified atom stereocenters. The van der Waals surface area contributed by atoms with E-state index in [-0.39, 0.29) is 5.92 Å². The molecule has 0 aromatic carbocycles. The van der Waals surface area contributed by atoms with Gasteiger partial charge >= 0.3 is 5.97 Å². The number of carboxylic acids is 1. The van der Waals surface area contributed by atoms with Crippen LogP contribution in [0, 0.1) is 5.92 Å². The summed E-state index contributed by atoms with van der Waals surface area (Å²) >= 11 is 0. The van der Waals surface area contributed by atoms with Gasteiger partial charge in [-0.3, -0.25) is 4.79 Å². The Morgan fingerprint density at radius 3 is 2.33 bits per heavy atom. The summed E-state index contributed by atoms with van der Waals surface area (Å²) in [4.78, 5) is 10.2. The van der Waals surface area contributed by atoms with Crippen molar-refractivity contribution in [3.63, 3.8) is 0 Å². The van der Waals surface area contributed by atoms with E-state index in [0.717, 1.165) is 6.42 Å². The molecule has 0 heterocycles. The second-order valence-corrected chi connectivity index (χ2v) is 2.25. The first kappa shape index (κ1) is 8.43. The summed E-state index contributed by atoms with van der Waals surface area (Å²) in [7, 11) is 0. The van der Waals surface area contributed by atoms with Gasteiger partial charge in [-0.25, -0.2) is 0 Å². The number of carboxylic acid groups (broad SMARTS) is 1. The predicted octanol–water partition coefficient (Wildman–Crippen LogP) is 0.444. The molecule has 0 fully saturated rings. The van der Waals surface area contributed by atoms with E-state index in [1.54, 1.807) is 0 Å². The Morgan fingerprint density at radius 1 is 1.78 bits per heavy atom. The van der Waals surface area contributed by atoms with Crippen molar-refractivity contribution in [3.8, 4) is 0 Å². The van der Waals surface area contributed by atoms with E-state index in [1.165, 1.54) is 0 Å². The van der Waals surface area contributed by atoms with Crippen LogP contribution in [0.5, 0.6) is 0 Å². The molecular weight excluding hydrogens is 124 g/mol. The van der Waals surface area contributed by atoms with Crippen LogP contribution in [0.2, 0.25) is 0 Å². The van der Waals surface area contributed by atoms with Gasteiger partial charge in [-0.15, -0.1) is 0 Å². The monoisotopic (exact) mass is 137 g/mol. The number of carbonyl (C=O) groups is 1. The zero-order chi connectivity index (χ0) is 7.44. The van der Waals surface area contributed by atoms with E-state index < -0.39 is 12.0 Å². The fourth-order valence-corrected chi connectivity index (χ4v) is 0.497. The first-order valence-corrected chi connectivity index (χ1v) is 3.08. The Hall–Kier alpha value is -0.570. The molecule has 0 saturated heterocycles. The van der Waals surface area contributed by atoms with Gasteiger partial charge in [-0.05, 0) is 5.92 Å². The highest BCUT2D eigenvalue weighted by Crippen LogP contribution is 2.04. The molecule has 3 heteroatoms. The van der Waals surface area contributed by atoms with Gasteiger partial charge in [0.1, 0.15) is 6.04 Å². The van der Waals surface area contributed by atoms with E-state index >= 15 is 0 Å². The van der Waals surface area contributed by atoms with E-state index in [1.807, 2.05) is 13.8 Å². The maximum Gasteiger partial charge on any atom is 0.320 e. The molecule has 0 aromatic rings. The quantitative estimate of drug-likeness (QED) is 0.555. The normalized spacial score (nSPS) is 16.8. The minimum atomic E-state index is -0.913. The molecular formula is C6H13NO2. The SMILES string of the molecule is [13CH3][13CH2][13C@H]([13CH3])[13C@H](N)[13C](=O)O. The van der Waals surface area contributed by atoms with Crippen LogP contribution < -0.4 is 5.73 Å². The molecule has 0 radical (unpaired) electrons. The van der Waals surface area contributed by atoms with Gasteiger partial charge < -0.3 is 10.8 Å². The maximum absolute atomic E-state index is 10.2. The van der Waals surface area contributed by atoms with Crippen molar-refractivity contribution in [1.82, 2.24) is 0 Å². The third-order valence-corrected chi connectivity index (χ3v) is 1.54. The average molecular weight is 137 g/mol. The Kier molecular flexibility index (Phi) is 3.24. The van der Waals surface area contributed by atoms with Gasteiger partial charge in [0.2, 0.25) is 0 Å². The second kappa shape index (κ2) is 3.45. The summed E-state index contributed by atoms with van der Waals surface area (Å²) < 4.78 is 0.